The molecule has 5 rings (SSSR count). The number of ether oxygens (including phenoxy) is 1. The van der Waals surface area contributed by atoms with Crippen LogP contribution in [0.25, 0.3) is 11.3 Å². The first kappa shape index (κ1) is 28.6. The lowest BCUT2D eigenvalue weighted by atomic mass is 9.94. The number of hydrogen-bond donors (Lipinski definition) is 1. The van der Waals surface area contributed by atoms with E-state index < -0.39 is 6.04 Å². The summed E-state index contributed by atoms with van der Waals surface area (Å²) >= 11 is 0. The molecule has 0 bridgehead atoms. The van der Waals surface area contributed by atoms with E-state index in [0.717, 1.165) is 57.2 Å². The van der Waals surface area contributed by atoms with E-state index >= 15 is 0 Å². The molecule has 1 saturated carbocycles. The van der Waals surface area contributed by atoms with Gasteiger partial charge < -0.3 is 15.0 Å². The number of rotatable bonds is 9. The molecule has 2 aromatic carbocycles. The molecule has 3 aromatic rings. The number of aromatic nitrogens is 2. The van der Waals surface area contributed by atoms with E-state index in [1.54, 1.807) is 18.1 Å². The van der Waals surface area contributed by atoms with Crippen LogP contribution in [0.4, 0.5) is 11.6 Å². The monoisotopic (exact) mass is 555 g/mol. The van der Waals surface area contributed by atoms with Crippen molar-refractivity contribution in [3.8, 4) is 17.0 Å². The summed E-state index contributed by atoms with van der Waals surface area (Å²) < 4.78 is 5.38. The van der Waals surface area contributed by atoms with Gasteiger partial charge in [-0.2, -0.15) is 0 Å². The SMILES string of the molecule is COc1ccc(N(C(=O)c2cc(-c3ccccc3)nc(N3CCCC3)n2)C(C(=O)NC2CCCCC2)C(C)C)cc1. The Bertz CT molecular complexity index is 1320. The van der Waals surface area contributed by atoms with Crippen molar-refractivity contribution >= 4 is 23.5 Å². The molecule has 1 atom stereocenters. The van der Waals surface area contributed by atoms with Crippen molar-refractivity contribution in [2.75, 3.05) is 30.0 Å². The van der Waals surface area contributed by atoms with Gasteiger partial charge in [-0.05, 0) is 61.9 Å². The van der Waals surface area contributed by atoms with Crippen LogP contribution in [-0.2, 0) is 4.79 Å². The maximum Gasteiger partial charge on any atom is 0.277 e. The minimum absolute atomic E-state index is 0.131. The molecule has 1 saturated heterocycles. The van der Waals surface area contributed by atoms with Crippen LogP contribution in [0.5, 0.6) is 5.75 Å². The zero-order valence-electron chi connectivity index (χ0n) is 24.4. The second-order valence-electron chi connectivity index (χ2n) is 11.4. The van der Waals surface area contributed by atoms with Gasteiger partial charge >= 0.3 is 0 Å². The maximum atomic E-state index is 14.6. The Hall–Kier alpha value is -3.94. The zero-order chi connectivity index (χ0) is 28.8. The van der Waals surface area contributed by atoms with Gasteiger partial charge in [-0.15, -0.1) is 0 Å². The number of benzene rings is 2. The van der Waals surface area contributed by atoms with Gasteiger partial charge in [0.1, 0.15) is 17.5 Å². The molecule has 2 amide bonds. The first-order valence-corrected chi connectivity index (χ1v) is 14.9. The Morgan fingerprint density at radius 2 is 1.61 bits per heavy atom. The fourth-order valence-electron chi connectivity index (χ4n) is 5.88. The van der Waals surface area contributed by atoms with E-state index in [0.29, 0.717) is 23.1 Å². The van der Waals surface area contributed by atoms with E-state index in [-0.39, 0.29) is 29.5 Å². The predicted molar refractivity (Wildman–Crippen MR) is 162 cm³/mol. The average molecular weight is 556 g/mol. The second kappa shape index (κ2) is 13.1. The quantitative estimate of drug-likeness (QED) is 0.355. The van der Waals surface area contributed by atoms with Crippen molar-refractivity contribution in [3.63, 3.8) is 0 Å². The summed E-state index contributed by atoms with van der Waals surface area (Å²) in [5.41, 5.74) is 2.49. The third kappa shape index (κ3) is 6.69. The standard InChI is InChI=1S/C33H41N5O3/c1-23(2)30(31(39)34-25-14-8-5-9-15-25)38(26-16-18-27(41-3)19-17-26)32(40)29-22-28(24-12-6-4-7-13-24)35-33(36-29)37-20-10-11-21-37/h4,6-7,12-13,16-19,22-23,25,30H,5,8-11,14-15,20-21H2,1-3H3,(H,34,39). The van der Waals surface area contributed by atoms with Gasteiger partial charge in [0.05, 0.1) is 12.8 Å². The fraction of sp³-hybridized carbons (Fsp3) is 0.455. The van der Waals surface area contributed by atoms with E-state index in [9.17, 15) is 9.59 Å². The highest BCUT2D eigenvalue weighted by Gasteiger charge is 2.36. The Labute approximate surface area is 243 Å². The summed E-state index contributed by atoms with van der Waals surface area (Å²) in [6, 6.07) is 18.3. The van der Waals surface area contributed by atoms with Gasteiger partial charge in [-0.25, -0.2) is 9.97 Å². The Morgan fingerprint density at radius 3 is 2.24 bits per heavy atom. The molecule has 8 nitrogen and oxygen atoms in total. The Kier molecular flexibility index (Phi) is 9.17. The molecule has 2 heterocycles. The molecule has 1 aliphatic heterocycles. The summed E-state index contributed by atoms with van der Waals surface area (Å²) in [5, 5.41) is 3.27. The van der Waals surface area contributed by atoms with Crippen LogP contribution in [0.3, 0.4) is 0 Å². The van der Waals surface area contributed by atoms with Crippen LogP contribution in [0, 0.1) is 5.92 Å². The lowest BCUT2D eigenvalue weighted by molar-refractivity contribution is -0.124. The molecule has 1 aliphatic carbocycles. The van der Waals surface area contributed by atoms with Crippen molar-refractivity contribution in [2.45, 2.75) is 70.9 Å². The number of carbonyl (C=O) groups is 2. The molecule has 41 heavy (non-hydrogen) atoms. The van der Waals surface area contributed by atoms with Crippen LogP contribution in [-0.4, -0.2) is 54.1 Å². The van der Waals surface area contributed by atoms with E-state index in [1.165, 1.54) is 6.42 Å². The molecule has 1 N–H and O–H groups in total. The Morgan fingerprint density at radius 1 is 0.927 bits per heavy atom. The number of hydrogen-bond acceptors (Lipinski definition) is 6. The number of nitrogens with one attached hydrogen (secondary N) is 1. The summed E-state index contributed by atoms with van der Waals surface area (Å²) in [4.78, 5) is 41.9. The third-order valence-electron chi connectivity index (χ3n) is 8.09. The Balaban J connectivity index is 1.58. The van der Waals surface area contributed by atoms with Crippen LogP contribution in [0.2, 0.25) is 0 Å². The molecule has 1 unspecified atom stereocenters. The number of methoxy groups -OCH3 is 1. The lowest BCUT2D eigenvalue weighted by Gasteiger charge is -2.35. The van der Waals surface area contributed by atoms with Gasteiger partial charge in [0.25, 0.3) is 5.91 Å². The zero-order valence-corrected chi connectivity index (χ0v) is 24.4. The number of amides is 2. The maximum absolute atomic E-state index is 14.6. The van der Waals surface area contributed by atoms with Crippen LogP contribution in [0.1, 0.15) is 69.3 Å². The van der Waals surface area contributed by atoms with E-state index in [1.807, 2.05) is 68.4 Å². The van der Waals surface area contributed by atoms with Gasteiger partial charge in [-0.1, -0.05) is 63.4 Å². The topological polar surface area (TPSA) is 87.7 Å². The largest absolute Gasteiger partial charge is 0.497 e. The van der Waals surface area contributed by atoms with Crippen molar-refractivity contribution in [1.82, 2.24) is 15.3 Å². The van der Waals surface area contributed by atoms with Gasteiger partial charge in [0.15, 0.2) is 0 Å². The first-order valence-electron chi connectivity index (χ1n) is 14.9. The van der Waals surface area contributed by atoms with Gasteiger partial charge in [-0.3, -0.25) is 14.5 Å². The van der Waals surface area contributed by atoms with Gasteiger partial charge in [0.2, 0.25) is 11.9 Å². The number of carbonyl (C=O) groups excluding carboxylic acids is 2. The molecule has 216 valence electrons. The minimum Gasteiger partial charge on any atom is -0.497 e. The van der Waals surface area contributed by atoms with Crippen molar-refractivity contribution in [2.24, 2.45) is 5.92 Å². The molecule has 0 radical (unpaired) electrons. The smallest absolute Gasteiger partial charge is 0.277 e. The van der Waals surface area contributed by atoms with Gasteiger partial charge in [0, 0.05) is 30.4 Å². The summed E-state index contributed by atoms with van der Waals surface area (Å²) in [7, 11) is 1.61. The predicted octanol–water partition coefficient (Wildman–Crippen LogP) is 5.87. The fourth-order valence-corrected chi connectivity index (χ4v) is 5.88. The average Bonchev–Trinajstić information content (AvgIpc) is 3.55. The summed E-state index contributed by atoms with van der Waals surface area (Å²) in [5.74, 6) is 0.632. The van der Waals surface area contributed by atoms with E-state index in [2.05, 4.69) is 10.2 Å². The number of anilines is 2. The molecule has 2 fully saturated rings. The van der Waals surface area contributed by atoms with E-state index in [4.69, 9.17) is 14.7 Å². The highest BCUT2D eigenvalue weighted by molar-refractivity contribution is 6.09. The summed E-state index contributed by atoms with van der Waals surface area (Å²) in [6.07, 6.45) is 7.50. The minimum atomic E-state index is -0.719. The van der Waals surface area contributed by atoms with Crippen molar-refractivity contribution in [3.05, 3.63) is 66.4 Å². The second-order valence-corrected chi connectivity index (χ2v) is 11.4. The van der Waals surface area contributed by atoms with Crippen LogP contribution >= 0.6 is 0 Å². The normalized spacial score (nSPS) is 16.4. The lowest BCUT2D eigenvalue weighted by Crippen LogP contribution is -2.55. The molecular formula is C33H41N5O3. The third-order valence-corrected chi connectivity index (χ3v) is 8.09. The molecule has 8 heteroatoms. The summed E-state index contributed by atoms with van der Waals surface area (Å²) in [6.45, 7) is 5.68. The number of nitrogens with zero attached hydrogens (tertiary/aromatic N) is 4. The highest BCUT2D eigenvalue weighted by atomic mass is 16.5. The molecule has 1 aromatic heterocycles. The highest BCUT2D eigenvalue weighted by Crippen LogP contribution is 2.29. The van der Waals surface area contributed by atoms with Crippen molar-refractivity contribution < 1.29 is 14.3 Å². The van der Waals surface area contributed by atoms with Crippen molar-refractivity contribution in [1.29, 1.82) is 0 Å². The van der Waals surface area contributed by atoms with Crippen LogP contribution in [0.15, 0.2) is 60.7 Å². The molecule has 0 spiro atoms. The first-order chi connectivity index (χ1) is 19.9. The molecule has 2 aliphatic rings. The molecular weight excluding hydrogens is 514 g/mol. The van der Waals surface area contributed by atoms with Crippen LogP contribution < -0.4 is 19.9 Å².